The molecule has 0 saturated carbocycles. The highest BCUT2D eigenvalue weighted by molar-refractivity contribution is 7.99. The molecule has 2 aromatic rings. The minimum atomic E-state index is -0.248. The second-order valence-corrected chi connectivity index (χ2v) is 6.16. The van der Waals surface area contributed by atoms with Gasteiger partial charge in [-0.15, -0.1) is 0 Å². The average molecular weight is 276 g/mol. The second-order valence-electron chi connectivity index (χ2n) is 5.01. The van der Waals surface area contributed by atoms with Crippen LogP contribution in [0.1, 0.15) is 18.5 Å². The molecule has 0 radical (unpaired) electrons. The normalized spacial score (nSPS) is 19.6. The van der Waals surface area contributed by atoms with Crippen molar-refractivity contribution in [2.24, 2.45) is 0 Å². The van der Waals surface area contributed by atoms with Crippen LogP contribution in [0.15, 0.2) is 24.3 Å². The van der Waals surface area contributed by atoms with Crippen molar-refractivity contribution in [3.8, 4) is 0 Å². The maximum atomic E-state index is 13.8. The molecule has 1 aromatic carbocycles. The topological polar surface area (TPSA) is 24.9 Å². The number of benzene rings is 1. The molecule has 2 heterocycles. The van der Waals surface area contributed by atoms with Gasteiger partial charge in [-0.3, -0.25) is 0 Å². The molecule has 1 saturated heterocycles. The summed E-state index contributed by atoms with van der Waals surface area (Å²) >= 11 is 1.98. The fourth-order valence-corrected chi connectivity index (χ4v) is 3.61. The van der Waals surface area contributed by atoms with Crippen LogP contribution < -0.4 is 5.32 Å². The van der Waals surface area contributed by atoms with Crippen LogP contribution >= 0.6 is 11.8 Å². The summed E-state index contributed by atoms with van der Waals surface area (Å²) in [5.41, 5.74) is 2.33. The third-order valence-corrected chi connectivity index (χ3v) is 4.65. The number of aromatic nitrogens is 1. The summed E-state index contributed by atoms with van der Waals surface area (Å²) in [5.74, 6) is 2.13. The van der Waals surface area contributed by atoms with Crippen LogP contribution in [0.5, 0.6) is 0 Å². The predicted molar refractivity (Wildman–Crippen MR) is 80.4 cm³/mol. The Labute approximate surface area is 116 Å². The first-order valence-electron chi connectivity index (χ1n) is 6.64. The molecule has 0 aliphatic carbocycles. The first kappa shape index (κ1) is 12.7. The molecule has 19 heavy (non-hydrogen) atoms. The Morgan fingerprint density at radius 2 is 2.32 bits per heavy atom. The van der Waals surface area contributed by atoms with Crippen molar-refractivity contribution in [3.63, 3.8) is 0 Å². The van der Waals surface area contributed by atoms with Crippen LogP contribution in [0.25, 0.3) is 10.9 Å². The number of hydrogen-bond acceptors (Lipinski definition) is 3. The zero-order valence-electron chi connectivity index (χ0n) is 10.9. The van der Waals surface area contributed by atoms with Gasteiger partial charge in [-0.1, -0.05) is 12.1 Å². The standard InChI is InChI=1S/C15H17FN2S/c1-10-8-14(18-11-4-3-7-19-9-11)12-5-2-6-13(16)15(12)17-10/h2,5-6,8,11H,3-4,7,9H2,1H3,(H,17,18). The number of hydrogen-bond donors (Lipinski definition) is 1. The number of pyridine rings is 1. The number of para-hydroxylation sites is 1. The number of halogens is 1. The van der Waals surface area contributed by atoms with Crippen molar-refractivity contribution in [1.29, 1.82) is 0 Å². The summed E-state index contributed by atoms with van der Waals surface area (Å²) < 4.78 is 13.8. The predicted octanol–water partition coefficient (Wildman–Crippen LogP) is 3.99. The Balaban J connectivity index is 1.99. The lowest BCUT2D eigenvalue weighted by Gasteiger charge is -2.24. The zero-order chi connectivity index (χ0) is 13.2. The smallest absolute Gasteiger partial charge is 0.149 e. The third kappa shape index (κ3) is 2.68. The molecule has 1 aliphatic rings. The largest absolute Gasteiger partial charge is 0.381 e. The van der Waals surface area contributed by atoms with E-state index in [-0.39, 0.29) is 5.82 Å². The van der Waals surface area contributed by atoms with Crippen LogP contribution in [0.2, 0.25) is 0 Å². The number of anilines is 1. The summed E-state index contributed by atoms with van der Waals surface area (Å²) in [6.45, 7) is 1.91. The van der Waals surface area contributed by atoms with E-state index in [2.05, 4.69) is 10.3 Å². The first-order chi connectivity index (χ1) is 9.24. The van der Waals surface area contributed by atoms with Gasteiger partial charge < -0.3 is 5.32 Å². The van der Waals surface area contributed by atoms with Crippen LogP contribution in [0.4, 0.5) is 10.1 Å². The first-order valence-corrected chi connectivity index (χ1v) is 7.79. The lowest BCUT2D eigenvalue weighted by molar-refractivity contribution is 0.636. The van der Waals surface area contributed by atoms with Gasteiger partial charge in [0.2, 0.25) is 0 Å². The molecule has 3 rings (SSSR count). The highest BCUT2D eigenvalue weighted by atomic mass is 32.2. The number of aryl methyl sites for hydroxylation is 1. The maximum absolute atomic E-state index is 13.8. The molecule has 0 amide bonds. The number of thioether (sulfide) groups is 1. The molecular formula is C15H17FN2S. The number of nitrogens with zero attached hydrogens (tertiary/aromatic N) is 1. The monoisotopic (exact) mass is 276 g/mol. The SMILES string of the molecule is Cc1cc(NC2CCCSC2)c2cccc(F)c2n1. The Kier molecular flexibility index (Phi) is 3.60. The van der Waals surface area contributed by atoms with Crippen molar-refractivity contribution in [1.82, 2.24) is 4.98 Å². The van der Waals surface area contributed by atoms with E-state index in [1.807, 2.05) is 30.8 Å². The van der Waals surface area contributed by atoms with E-state index in [1.54, 1.807) is 6.07 Å². The van der Waals surface area contributed by atoms with Gasteiger partial charge in [-0.2, -0.15) is 11.8 Å². The highest BCUT2D eigenvalue weighted by Crippen LogP contribution is 2.28. The summed E-state index contributed by atoms with van der Waals surface area (Å²) in [4.78, 5) is 4.31. The summed E-state index contributed by atoms with van der Waals surface area (Å²) in [6, 6.07) is 7.64. The van der Waals surface area contributed by atoms with Gasteiger partial charge in [0.1, 0.15) is 11.3 Å². The van der Waals surface area contributed by atoms with Gasteiger partial charge in [-0.25, -0.2) is 9.37 Å². The summed E-state index contributed by atoms with van der Waals surface area (Å²) in [5, 5.41) is 4.44. The van der Waals surface area contributed by atoms with Crippen molar-refractivity contribution in [2.45, 2.75) is 25.8 Å². The Hall–Kier alpha value is -1.29. The van der Waals surface area contributed by atoms with Crippen LogP contribution in [0.3, 0.4) is 0 Å². The molecule has 1 aromatic heterocycles. The van der Waals surface area contributed by atoms with E-state index in [1.165, 1.54) is 24.7 Å². The van der Waals surface area contributed by atoms with E-state index in [9.17, 15) is 4.39 Å². The maximum Gasteiger partial charge on any atom is 0.149 e. The fraction of sp³-hybridized carbons (Fsp3) is 0.400. The van der Waals surface area contributed by atoms with E-state index < -0.39 is 0 Å². The van der Waals surface area contributed by atoms with Crippen LogP contribution in [-0.2, 0) is 0 Å². The molecule has 4 heteroatoms. The minimum absolute atomic E-state index is 0.248. The molecule has 1 fully saturated rings. The second kappa shape index (κ2) is 5.37. The molecule has 0 bridgehead atoms. The Morgan fingerprint density at radius 3 is 3.11 bits per heavy atom. The lowest BCUT2D eigenvalue weighted by atomic mass is 10.1. The van der Waals surface area contributed by atoms with Gasteiger partial charge >= 0.3 is 0 Å². The van der Waals surface area contributed by atoms with E-state index in [0.717, 1.165) is 22.5 Å². The molecular weight excluding hydrogens is 259 g/mol. The average Bonchev–Trinajstić information content (AvgIpc) is 2.41. The molecule has 1 unspecified atom stereocenters. The molecule has 100 valence electrons. The van der Waals surface area contributed by atoms with Gasteiger partial charge in [0.25, 0.3) is 0 Å². The van der Waals surface area contributed by atoms with Crippen LogP contribution in [-0.4, -0.2) is 22.5 Å². The van der Waals surface area contributed by atoms with Gasteiger partial charge in [-0.05, 0) is 37.7 Å². The molecule has 1 atom stereocenters. The van der Waals surface area contributed by atoms with Gasteiger partial charge in [0.15, 0.2) is 0 Å². The number of fused-ring (bicyclic) bond motifs is 1. The minimum Gasteiger partial charge on any atom is -0.381 e. The van der Waals surface area contributed by atoms with E-state index >= 15 is 0 Å². The lowest BCUT2D eigenvalue weighted by Crippen LogP contribution is -2.25. The Bertz CT molecular complexity index is 594. The molecule has 2 nitrogen and oxygen atoms in total. The number of rotatable bonds is 2. The number of nitrogens with one attached hydrogen (secondary N) is 1. The van der Waals surface area contributed by atoms with Gasteiger partial charge in [0.05, 0.1) is 0 Å². The Morgan fingerprint density at radius 1 is 1.42 bits per heavy atom. The quantitative estimate of drug-likeness (QED) is 0.897. The van der Waals surface area contributed by atoms with Crippen molar-refractivity contribution in [3.05, 3.63) is 35.8 Å². The van der Waals surface area contributed by atoms with Gasteiger partial charge in [0, 0.05) is 28.6 Å². The third-order valence-electron chi connectivity index (χ3n) is 3.44. The highest BCUT2D eigenvalue weighted by Gasteiger charge is 2.15. The molecule has 1 aliphatic heterocycles. The van der Waals surface area contributed by atoms with Crippen molar-refractivity contribution >= 4 is 28.4 Å². The zero-order valence-corrected chi connectivity index (χ0v) is 11.8. The van der Waals surface area contributed by atoms with Crippen molar-refractivity contribution < 1.29 is 4.39 Å². The fourth-order valence-electron chi connectivity index (χ4n) is 2.54. The van der Waals surface area contributed by atoms with E-state index in [4.69, 9.17) is 0 Å². The summed E-state index contributed by atoms with van der Waals surface area (Å²) in [6.07, 6.45) is 2.43. The van der Waals surface area contributed by atoms with Crippen molar-refractivity contribution in [2.75, 3.05) is 16.8 Å². The van der Waals surface area contributed by atoms with Crippen LogP contribution in [0, 0.1) is 12.7 Å². The molecule has 0 spiro atoms. The molecule has 1 N–H and O–H groups in total. The summed E-state index contributed by atoms with van der Waals surface area (Å²) in [7, 11) is 0. The van der Waals surface area contributed by atoms with E-state index in [0.29, 0.717) is 11.6 Å².